The molecule has 0 saturated carbocycles. The van der Waals surface area contributed by atoms with Crippen molar-refractivity contribution in [2.75, 3.05) is 19.6 Å². The van der Waals surface area contributed by atoms with Crippen molar-refractivity contribution in [2.45, 2.75) is 38.6 Å². The van der Waals surface area contributed by atoms with E-state index in [0.717, 1.165) is 53.8 Å². The summed E-state index contributed by atoms with van der Waals surface area (Å²) in [6.07, 6.45) is 3.82. The molecule has 170 valence electrons. The normalized spacial score (nSPS) is 24.8. The van der Waals surface area contributed by atoms with E-state index in [0.29, 0.717) is 42.8 Å². The molecule has 2 bridgehead atoms. The van der Waals surface area contributed by atoms with Gasteiger partial charge in [0.25, 0.3) is 5.91 Å². The SMILES string of the molecule is Cc1nn(C)c2nc(-c3ccccc3)cc(C(=O)N3CC4CC(C3)C3CCCC(=O)N3C4)c12. The predicted molar refractivity (Wildman–Crippen MR) is 126 cm³/mol. The monoisotopic (exact) mass is 443 g/mol. The highest BCUT2D eigenvalue weighted by molar-refractivity contribution is 6.07. The maximum Gasteiger partial charge on any atom is 0.254 e. The number of likely N-dealkylation sites (tertiary alicyclic amines) is 1. The highest BCUT2D eigenvalue weighted by Crippen LogP contribution is 2.39. The molecule has 7 heteroatoms. The molecule has 7 nitrogen and oxygen atoms in total. The molecule has 5 heterocycles. The molecular formula is C26H29N5O2. The van der Waals surface area contributed by atoms with Crippen molar-refractivity contribution in [3.05, 3.63) is 47.7 Å². The lowest BCUT2D eigenvalue weighted by Crippen LogP contribution is -2.61. The summed E-state index contributed by atoms with van der Waals surface area (Å²) in [6, 6.07) is 12.2. The summed E-state index contributed by atoms with van der Waals surface area (Å²) < 4.78 is 1.77. The van der Waals surface area contributed by atoms with Gasteiger partial charge in [0.05, 0.1) is 22.3 Å². The topological polar surface area (TPSA) is 71.3 Å². The molecule has 3 aromatic rings. The van der Waals surface area contributed by atoms with Gasteiger partial charge < -0.3 is 9.80 Å². The first-order valence-corrected chi connectivity index (χ1v) is 12.0. The van der Waals surface area contributed by atoms with Crippen LogP contribution in [-0.4, -0.2) is 62.1 Å². The van der Waals surface area contributed by atoms with Gasteiger partial charge >= 0.3 is 0 Å². The van der Waals surface area contributed by atoms with E-state index in [2.05, 4.69) is 10.00 Å². The van der Waals surface area contributed by atoms with Crippen LogP contribution < -0.4 is 0 Å². The first kappa shape index (κ1) is 20.4. The number of benzene rings is 1. The number of hydrogen-bond donors (Lipinski definition) is 0. The van der Waals surface area contributed by atoms with Gasteiger partial charge in [-0.1, -0.05) is 30.3 Å². The van der Waals surface area contributed by atoms with Crippen LogP contribution in [0.5, 0.6) is 0 Å². The van der Waals surface area contributed by atoms with Crippen LogP contribution in [0.4, 0.5) is 0 Å². The Balaban J connectivity index is 1.38. The summed E-state index contributed by atoms with van der Waals surface area (Å²) in [5.74, 6) is 1.08. The molecule has 3 aliphatic heterocycles. The first-order chi connectivity index (χ1) is 16.0. The third kappa shape index (κ3) is 3.33. The molecule has 0 spiro atoms. The third-order valence-electron chi connectivity index (χ3n) is 7.74. The Labute approximate surface area is 193 Å². The molecule has 0 N–H and O–H groups in total. The van der Waals surface area contributed by atoms with E-state index in [1.807, 2.05) is 55.3 Å². The summed E-state index contributed by atoms with van der Waals surface area (Å²) in [6.45, 7) is 4.15. The summed E-state index contributed by atoms with van der Waals surface area (Å²) in [7, 11) is 1.88. The van der Waals surface area contributed by atoms with Crippen molar-refractivity contribution in [2.24, 2.45) is 18.9 Å². The average Bonchev–Trinajstić information content (AvgIpc) is 3.12. The fourth-order valence-electron chi connectivity index (χ4n) is 6.32. The maximum absolute atomic E-state index is 14.0. The minimum Gasteiger partial charge on any atom is -0.339 e. The largest absolute Gasteiger partial charge is 0.339 e. The van der Waals surface area contributed by atoms with Gasteiger partial charge in [0.1, 0.15) is 0 Å². The van der Waals surface area contributed by atoms with E-state index in [1.54, 1.807) is 4.68 Å². The molecule has 1 aromatic carbocycles. The standard InChI is InChI=1S/C26H29N5O2/c1-16-24-20(12-21(18-7-4-3-5-8-18)27-25(24)29(2)28-16)26(33)30-13-17-11-19(15-30)22-9-6-10-23(32)31(22)14-17/h3-5,7-8,12,17,19,22H,6,9-11,13-15H2,1-2H3. The summed E-state index contributed by atoms with van der Waals surface area (Å²) >= 11 is 0. The van der Waals surface area contributed by atoms with Crippen molar-refractivity contribution >= 4 is 22.8 Å². The van der Waals surface area contributed by atoms with Gasteiger partial charge in [-0.15, -0.1) is 0 Å². The fraction of sp³-hybridized carbons (Fsp3) is 0.462. The summed E-state index contributed by atoms with van der Waals surface area (Å²) in [5.41, 5.74) is 4.01. The number of pyridine rings is 1. The molecule has 0 aliphatic carbocycles. The van der Waals surface area contributed by atoms with Gasteiger partial charge in [0, 0.05) is 44.7 Å². The quantitative estimate of drug-likeness (QED) is 0.609. The van der Waals surface area contributed by atoms with Gasteiger partial charge in [0.2, 0.25) is 5.91 Å². The lowest BCUT2D eigenvalue weighted by molar-refractivity contribution is -0.144. The van der Waals surface area contributed by atoms with Gasteiger partial charge in [-0.05, 0) is 44.1 Å². The number of aromatic nitrogens is 3. The Morgan fingerprint density at radius 1 is 1.12 bits per heavy atom. The molecule has 33 heavy (non-hydrogen) atoms. The zero-order valence-corrected chi connectivity index (χ0v) is 19.2. The molecule has 3 atom stereocenters. The van der Waals surface area contributed by atoms with Crippen LogP contribution in [0.3, 0.4) is 0 Å². The van der Waals surface area contributed by atoms with Crippen molar-refractivity contribution in [3.63, 3.8) is 0 Å². The van der Waals surface area contributed by atoms with Crippen LogP contribution in [-0.2, 0) is 11.8 Å². The average molecular weight is 444 g/mol. The lowest BCUT2D eigenvalue weighted by atomic mass is 9.76. The van der Waals surface area contributed by atoms with Gasteiger partial charge in [-0.2, -0.15) is 5.10 Å². The zero-order valence-electron chi connectivity index (χ0n) is 19.2. The number of fused-ring (bicyclic) bond motifs is 5. The zero-order chi connectivity index (χ0) is 22.7. The van der Waals surface area contributed by atoms with Crippen LogP contribution in [0.15, 0.2) is 36.4 Å². The van der Waals surface area contributed by atoms with E-state index in [-0.39, 0.29) is 11.9 Å². The van der Waals surface area contributed by atoms with Crippen molar-refractivity contribution in [3.8, 4) is 11.3 Å². The predicted octanol–water partition coefficient (Wildman–Crippen LogP) is 3.42. The molecule has 3 saturated heterocycles. The minimum absolute atomic E-state index is 0.0565. The van der Waals surface area contributed by atoms with Crippen LogP contribution >= 0.6 is 0 Å². The Morgan fingerprint density at radius 3 is 2.76 bits per heavy atom. The molecule has 2 aromatic heterocycles. The van der Waals surface area contributed by atoms with Crippen molar-refractivity contribution in [1.29, 1.82) is 0 Å². The maximum atomic E-state index is 14.0. The first-order valence-electron chi connectivity index (χ1n) is 12.0. The Kier molecular flexibility index (Phi) is 4.75. The number of carbonyl (C=O) groups is 2. The highest BCUT2D eigenvalue weighted by Gasteiger charge is 2.45. The second kappa shape index (κ2) is 7.68. The number of hydrogen-bond acceptors (Lipinski definition) is 4. The molecular weight excluding hydrogens is 414 g/mol. The van der Waals surface area contributed by atoms with Gasteiger partial charge in [0.15, 0.2) is 5.65 Å². The van der Waals surface area contributed by atoms with E-state index in [4.69, 9.17) is 4.98 Å². The molecule has 6 rings (SSSR count). The molecule has 3 aliphatic rings. The van der Waals surface area contributed by atoms with E-state index in [9.17, 15) is 9.59 Å². The molecule has 3 unspecified atom stereocenters. The van der Waals surface area contributed by atoms with Crippen LogP contribution in [0.1, 0.15) is 41.7 Å². The van der Waals surface area contributed by atoms with Crippen molar-refractivity contribution in [1.82, 2.24) is 24.6 Å². The number of nitrogens with zero attached hydrogens (tertiary/aromatic N) is 5. The van der Waals surface area contributed by atoms with E-state index in [1.165, 1.54) is 0 Å². The number of amides is 2. The van der Waals surface area contributed by atoms with Crippen molar-refractivity contribution < 1.29 is 9.59 Å². The Hall–Kier alpha value is -3.22. The number of piperidine rings is 3. The summed E-state index contributed by atoms with van der Waals surface area (Å²) in [4.78, 5) is 35.5. The second-order valence-corrected chi connectivity index (χ2v) is 9.91. The summed E-state index contributed by atoms with van der Waals surface area (Å²) in [5, 5.41) is 5.41. The third-order valence-corrected chi connectivity index (χ3v) is 7.74. The molecule has 3 fully saturated rings. The Morgan fingerprint density at radius 2 is 1.94 bits per heavy atom. The van der Waals surface area contributed by atoms with Crippen LogP contribution in [0, 0.1) is 18.8 Å². The second-order valence-electron chi connectivity index (χ2n) is 9.91. The van der Waals surface area contributed by atoms with Crippen LogP contribution in [0.2, 0.25) is 0 Å². The highest BCUT2D eigenvalue weighted by atomic mass is 16.2. The number of carbonyl (C=O) groups excluding carboxylic acids is 2. The van der Waals surface area contributed by atoms with E-state index >= 15 is 0 Å². The van der Waals surface area contributed by atoms with E-state index < -0.39 is 0 Å². The molecule has 2 amide bonds. The van der Waals surface area contributed by atoms with Gasteiger partial charge in [-0.3, -0.25) is 14.3 Å². The smallest absolute Gasteiger partial charge is 0.254 e. The lowest BCUT2D eigenvalue weighted by Gasteiger charge is -2.52. The van der Waals surface area contributed by atoms with Gasteiger partial charge in [-0.25, -0.2) is 4.98 Å². The molecule has 0 radical (unpaired) electrons. The number of aryl methyl sites for hydroxylation is 2. The van der Waals surface area contributed by atoms with Crippen LogP contribution in [0.25, 0.3) is 22.3 Å². The minimum atomic E-state index is 0.0565. The number of rotatable bonds is 2. The fourth-order valence-corrected chi connectivity index (χ4v) is 6.32. The Bertz CT molecular complexity index is 1250.